The molecule has 12 heteroatoms. The molecule has 0 saturated carbocycles. The lowest BCUT2D eigenvalue weighted by Gasteiger charge is -2.16. The van der Waals surface area contributed by atoms with Crippen LogP contribution in [-0.4, -0.2) is 59.8 Å². The van der Waals surface area contributed by atoms with Crippen molar-refractivity contribution in [2.75, 3.05) is 5.75 Å². The van der Waals surface area contributed by atoms with Crippen molar-refractivity contribution in [2.24, 2.45) is 5.16 Å². The van der Waals surface area contributed by atoms with Gasteiger partial charge in [-0.25, -0.2) is 4.79 Å². The third-order valence-electron chi connectivity index (χ3n) is 1.71. The summed E-state index contributed by atoms with van der Waals surface area (Å²) in [5.74, 6) is -4.74. The number of hydrogen-bond acceptors (Lipinski definition) is 7. The molecule has 1 amide bonds. The van der Waals surface area contributed by atoms with Crippen LogP contribution in [0.25, 0.3) is 0 Å². The van der Waals surface area contributed by atoms with Crippen LogP contribution in [0.1, 0.15) is 6.92 Å². The Morgan fingerprint density at radius 2 is 1.95 bits per heavy atom. The molecule has 2 atom stereocenters. The maximum absolute atomic E-state index is 10.8. The average Bonchev–Trinajstić information content (AvgIpc) is 2.25. The lowest BCUT2D eigenvalue weighted by Crippen LogP contribution is -2.42. The largest absolute Gasteiger partial charge is 0.480 e. The summed E-state index contributed by atoms with van der Waals surface area (Å²) in [6.07, 6.45) is 0. The monoisotopic (exact) mass is 316 g/mol. The summed E-state index contributed by atoms with van der Waals surface area (Å²) in [6, 6.07) is -1.36. The van der Waals surface area contributed by atoms with Crippen LogP contribution >= 0.6 is 19.4 Å². The van der Waals surface area contributed by atoms with Crippen LogP contribution in [0.15, 0.2) is 5.16 Å². The molecule has 110 valence electrons. The number of hydrogen-bond donors (Lipinski definition) is 6. The molecule has 0 aliphatic carbocycles. The summed E-state index contributed by atoms with van der Waals surface area (Å²) in [4.78, 5) is 38.8. The number of amides is 1. The van der Waals surface area contributed by atoms with Gasteiger partial charge in [-0.05, 0) is 0 Å². The van der Waals surface area contributed by atoms with Gasteiger partial charge in [0.1, 0.15) is 6.04 Å². The molecule has 0 aliphatic heterocycles. The van der Waals surface area contributed by atoms with Crippen LogP contribution < -0.4 is 5.32 Å². The summed E-state index contributed by atoms with van der Waals surface area (Å²) < 4.78 is 10.7. The van der Waals surface area contributed by atoms with Gasteiger partial charge in [-0.3, -0.25) is 9.36 Å². The predicted molar refractivity (Wildman–Crippen MR) is 65.0 cm³/mol. The number of thioether (sulfide) groups is 1. The number of oxime groups is 1. The van der Waals surface area contributed by atoms with Gasteiger partial charge in [-0.2, -0.15) is 0 Å². The van der Waals surface area contributed by atoms with E-state index in [4.69, 9.17) is 25.2 Å². The number of carboxylic acid groups (broad SMARTS) is 1. The Bertz CT molecular complexity index is 421. The van der Waals surface area contributed by atoms with Crippen molar-refractivity contribution in [3.05, 3.63) is 0 Å². The number of rotatable bonds is 6. The van der Waals surface area contributed by atoms with Crippen molar-refractivity contribution in [1.29, 1.82) is 0 Å². The molecule has 6 N–H and O–H groups in total. The Kier molecular flexibility index (Phi) is 7.01. The number of carbonyl (C=O) groups excluding carboxylic acids is 1. The normalized spacial score (nSPS) is 15.7. The number of nitrogens with one attached hydrogen (secondary N) is 1. The second-order valence-corrected chi connectivity index (χ2v) is 6.01. The Morgan fingerprint density at radius 3 is 2.26 bits per heavy atom. The van der Waals surface area contributed by atoms with Crippen LogP contribution in [0.3, 0.4) is 0 Å². The Labute approximate surface area is 111 Å². The summed E-state index contributed by atoms with van der Waals surface area (Å²) >= 11 is 0.397. The van der Waals surface area contributed by atoms with Gasteiger partial charge in [0.25, 0.3) is 0 Å². The van der Waals surface area contributed by atoms with E-state index >= 15 is 0 Å². The van der Waals surface area contributed by atoms with Gasteiger partial charge in [-0.15, -0.1) is 11.8 Å². The standard InChI is InChI=1S/C7H13N2O8PS/c1-3(10)8-4(6(11)12)2-19-5(9-14)7(13)18(15,16)17/h4,7,13-14H,2H2,1H3,(H,8,10)(H,11,12)(H2,15,16,17)/b9-5-. The van der Waals surface area contributed by atoms with Crippen molar-refractivity contribution < 1.29 is 39.4 Å². The summed E-state index contributed by atoms with van der Waals surface area (Å²) in [5.41, 5.74) is 0. The molecule has 0 heterocycles. The Hall–Kier alpha value is -1.13. The molecule has 0 bridgehead atoms. The van der Waals surface area contributed by atoms with Crippen LogP contribution in [-0.2, 0) is 14.2 Å². The van der Waals surface area contributed by atoms with Gasteiger partial charge < -0.3 is 30.5 Å². The minimum absolute atomic E-state index is 0.384. The van der Waals surface area contributed by atoms with E-state index in [1.54, 1.807) is 0 Å². The molecule has 0 saturated heterocycles. The molecule has 10 nitrogen and oxygen atoms in total. The summed E-state index contributed by atoms with van der Waals surface area (Å²) in [7, 11) is -4.93. The first-order chi connectivity index (χ1) is 8.59. The second kappa shape index (κ2) is 7.46. The zero-order valence-corrected chi connectivity index (χ0v) is 11.3. The second-order valence-electron chi connectivity index (χ2n) is 3.30. The summed E-state index contributed by atoms with van der Waals surface area (Å²) in [5, 5.41) is 30.3. The molecule has 0 fully saturated rings. The van der Waals surface area contributed by atoms with Gasteiger partial charge in [0.15, 0.2) is 5.04 Å². The van der Waals surface area contributed by atoms with Crippen molar-refractivity contribution in [2.45, 2.75) is 18.8 Å². The van der Waals surface area contributed by atoms with E-state index in [1.165, 1.54) is 0 Å². The van der Waals surface area contributed by atoms with E-state index in [2.05, 4.69) is 10.5 Å². The fourth-order valence-electron chi connectivity index (χ4n) is 0.888. The highest BCUT2D eigenvalue weighted by molar-refractivity contribution is 8.14. The lowest BCUT2D eigenvalue weighted by atomic mass is 10.3. The maximum atomic E-state index is 10.8. The molecule has 2 unspecified atom stereocenters. The van der Waals surface area contributed by atoms with Crippen LogP contribution in [0.2, 0.25) is 0 Å². The van der Waals surface area contributed by atoms with E-state index in [-0.39, 0.29) is 5.75 Å². The number of carbonyl (C=O) groups is 2. The van der Waals surface area contributed by atoms with Crippen LogP contribution in [0, 0.1) is 0 Å². The topological polar surface area (TPSA) is 177 Å². The number of aliphatic carboxylic acids is 1. The van der Waals surface area contributed by atoms with E-state index in [1.807, 2.05) is 0 Å². The first-order valence-corrected chi connectivity index (χ1v) is 7.34. The fourth-order valence-corrected chi connectivity index (χ4v) is 2.63. The molecule has 19 heavy (non-hydrogen) atoms. The number of carboxylic acids is 1. The lowest BCUT2D eigenvalue weighted by molar-refractivity contribution is -0.140. The van der Waals surface area contributed by atoms with E-state index < -0.39 is 36.4 Å². The van der Waals surface area contributed by atoms with Gasteiger partial charge in [0.2, 0.25) is 11.8 Å². The summed E-state index contributed by atoms with van der Waals surface area (Å²) in [6.45, 7) is 1.09. The van der Waals surface area contributed by atoms with Crippen molar-refractivity contribution in [3.63, 3.8) is 0 Å². The first-order valence-electron chi connectivity index (χ1n) is 4.67. The SMILES string of the molecule is CC(=O)NC(CS/C(=N\O)C(O)P(=O)(O)O)C(=O)O. The number of aliphatic hydroxyl groups is 1. The van der Waals surface area contributed by atoms with Crippen molar-refractivity contribution in [1.82, 2.24) is 5.32 Å². The smallest absolute Gasteiger partial charge is 0.360 e. The van der Waals surface area contributed by atoms with E-state index in [9.17, 15) is 14.2 Å². The molecule has 0 aromatic heterocycles. The number of aliphatic hydroxyl groups excluding tert-OH is 1. The van der Waals surface area contributed by atoms with Crippen molar-refractivity contribution in [3.8, 4) is 0 Å². The van der Waals surface area contributed by atoms with Gasteiger partial charge in [-0.1, -0.05) is 5.16 Å². The highest BCUT2D eigenvalue weighted by Gasteiger charge is 2.33. The molecule has 0 spiro atoms. The van der Waals surface area contributed by atoms with Gasteiger partial charge >= 0.3 is 13.6 Å². The predicted octanol–water partition coefficient (Wildman–Crippen LogP) is -1.41. The third kappa shape index (κ3) is 6.55. The highest BCUT2D eigenvalue weighted by Crippen LogP contribution is 2.42. The zero-order valence-electron chi connectivity index (χ0n) is 9.63. The van der Waals surface area contributed by atoms with Crippen molar-refractivity contribution >= 4 is 36.3 Å². The zero-order chi connectivity index (χ0) is 15.2. The Balaban J connectivity index is 4.70. The third-order valence-corrected chi connectivity index (χ3v) is 3.87. The van der Waals surface area contributed by atoms with Gasteiger partial charge in [0, 0.05) is 12.7 Å². The molecular formula is C7H13N2O8PS. The first kappa shape index (κ1) is 17.9. The molecular weight excluding hydrogens is 303 g/mol. The minimum Gasteiger partial charge on any atom is -0.480 e. The Morgan fingerprint density at radius 1 is 1.42 bits per heavy atom. The molecule has 0 radical (unpaired) electrons. The highest BCUT2D eigenvalue weighted by atomic mass is 32.2. The van der Waals surface area contributed by atoms with E-state index in [0.717, 1.165) is 6.92 Å². The molecule has 0 aromatic rings. The molecule has 0 aromatic carbocycles. The van der Waals surface area contributed by atoms with Crippen LogP contribution in [0.5, 0.6) is 0 Å². The number of nitrogens with zero attached hydrogens (tertiary/aromatic N) is 1. The quantitative estimate of drug-likeness (QED) is 0.113. The maximum Gasteiger partial charge on any atom is 0.360 e. The fraction of sp³-hybridized carbons (Fsp3) is 0.571. The minimum atomic E-state index is -4.93. The van der Waals surface area contributed by atoms with E-state index in [0.29, 0.717) is 11.8 Å². The molecule has 0 aliphatic rings. The van der Waals surface area contributed by atoms with Gasteiger partial charge in [0.05, 0.1) is 0 Å². The molecule has 0 rings (SSSR count). The van der Waals surface area contributed by atoms with Crippen LogP contribution in [0.4, 0.5) is 0 Å². The average molecular weight is 316 g/mol.